The third-order valence-corrected chi connectivity index (χ3v) is 4.55. The molecule has 0 radical (unpaired) electrons. The molecule has 0 aromatic heterocycles. The first-order chi connectivity index (χ1) is 14.2. The first kappa shape index (κ1) is 23.1. The standard InChI is InChI=1S/C24H29NO5/c1-16-10-17(2)13-21(12-16)23(27)29-8-6-25(20(5)26)7-9-30-24(28)22-14-18(3)11-19(4)15-22/h10-15H,6-9H2,1-5H3. The highest BCUT2D eigenvalue weighted by Crippen LogP contribution is 2.11. The zero-order valence-electron chi connectivity index (χ0n) is 18.3. The van der Waals surface area contributed by atoms with Crippen LogP contribution in [0.3, 0.4) is 0 Å². The van der Waals surface area contributed by atoms with Crippen LogP contribution in [0.4, 0.5) is 0 Å². The van der Waals surface area contributed by atoms with Gasteiger partial charge in [0, 0.05) is 6.92 Å². The Kier molecular flexibility index (Phi) is 8.16. The van der Waals surface area contributed by atoms with Crippen LogP contribution in [0.2, 0.25) is 0 Å². The number of carbonyl (C=O) groups excluding carboxylic acids is 3. The largest absolute Gasteiger partial charge is 0.460 e. The van der Waals surface area contributed by atoms with Crippen molar-refractivity contribution in [3.63, 3.8) is 0 Å². The zero-order chi connectivity index (χ0) is 22.3. The van der Waals surface area contributed by atoms with Crippen molar-refractivity contribution in [3.05, 3.63) is 69.8 Å². The molecule has 2 rings (SSSR count). The molecule has 2 aromatic carbocycles. The van der Waals surface area contributed by atoms with Gasteiger partial charge in [0.25, 0.3) is 0 Å². The van der Waals surface area contributed by atoms with Crippen LogP contribution in [0.5, 0.6) is 0 Å². The molecular weight excluding hydrogens is 382 g/mol. The Balaban J connectivity index is 1.82. The van der Waals surface area contributed by atoms with Gasteiger partial charge < -0.3 is 14.4 Å². The Bertz CT molecular complexity index is 825. The summed E-state index contributed by atoms with van der Waals surface area (Å²) in [5, 5.41) is 0. The van der Waals surface area contributed by atoms with Crippen molar-refractivity contribution in [1.29, 1.82) is 0 Å². The summed E-state index contributed by atoms with van der Waals surface area (Å²) in [6.45, 7) is 9.69. The van der Waals surface area contributed by atoms with Gasteiger partial charge >= 0.3 is 11.9 Å². The summed E-state index contributed by atoms with van der Waals surface area (Å²) in [6.07, 6.45) is 0. The molecule has 0 spiro atoms. The van der Waals surface area contributed by atoms with Crippen LogP contribution in [0.15, 0.2) is 36.4 Å². The molecule has 0 fully saturated rings. The Morgan fingerprint density at radius 2 is 1.00 bits per heavy atom. The quantitative estimate of drug-likeness (QED) is 0.618. The van der Waals surface area contributed by atoms with Crippen LogP contribution in [-0.4, -0.2) is 49.0 Å². The minimum atomic E-state index is -0.424. The fourth-order valence-corrected chi connectivity index (χ4v) is 3.28. The van der Waals surface area contributed by atoms with Gasteiger partial charge in [0.2, 0.25) is 5.91 Å². The Morgan fingerprint density at radius 3 is 1.30 bits per heavy atom. The topological polar surface area (TPSA) is 72.9 Å². The molecule has 0 saturated heterocycles. The third-order valence-electron chi connectivity index (χ3n) is 4.55. The average molecular weight is 411 g/mol. The van der Waals surface area contributed by atoms with Crippen molar-refractivity contribution in [2.75, 3.05) is 26.3 Å². The average Bonchev–Trinajstić information content (AvgIpc) is 2.64. The Labute approximate surface area is 177 Å². The zero-order valence-corrected chi connectivity index (χ0v) is 18.3. The van der Waals surface area contributed by atoms with Crippen molar-refractivity contribution in [1.82, 2.24) is 4.90 Å². The maximum atomic E-state index is 12.2. The lowest BCUT2D eigenvalue weighted by atomic mass is 10.1. The molecule has 1 amide bonds. The number of nitrogens with zero attached hydrogens (tertiary/aromatic N) is 1. The number of amides is 1. The van der Waals surface area contributed by atoms with Crippen molar-refractivity contribution < 1.29 is 23.9 Å². The normalized spacial score (nSPS) is 10.4. The number of benzene rings is 2. The number of rotatable bonds is 8. The fraction of sp³-hybridized carbons (Fsp3) is 0.375. The summed E-state index contributed by atoms with van der Waals surface area (Å²) < 4.78 is 10.6. The summed E-state index contributed by atoms with van der Waals surface area (Å²) in [5.74, 6) is -1.03. The van der Waals surface area contributed by atoms with Crippen LogP contribution in [0.1, 0.15) is 49.9 Å². The van der Waals surface area contributed by atoms with Crippen molar-refractivity contribution in [2.24, 2.45) is 0 Å². The second kappa shape index (κ2) is 10.6. The molecule has 0 N–H and O–H groups in total. The maximum absolute atomic E-state index is 12.2. The molecule has 0 heterocycles. The predicted octanol–water partition coefficient (Wildman–Crippen LogP) is 3.78. The van der Waals surface area contributed by atoms with Crippen LogP contribution >= 0.6 is 0 Å². The molecular formula is C24H29NO5. The molecule has 160 valence electrons. The summed E-state index contributed by atoms with van der Waals surface area (Å²) in [5.41, 5.74) is 4.92. The van der Waals surface area contributed by atoms with Crippen molar-refractivity contribution in [2.45, 2.75) is 34.6 Å². The number of carbonyl (C=O) groups is 3. The molecule has 0 aliphatic carbocycles. The predicted molar refractivity (Wildman–Crippen MR) is 115 cm³/mol. The molecule has 0 bridgehead atoms. The van der Waals surface area contributed by atoms with Gasteiger partial charge in [-0.2, -0.15) is 0 Å². The Morgan fingerprint density at radius 1 is 0.667 bits per heavy atom. The molecule has 0 saturated carbocycles. The first-order valence-electron chi connectivity index (χ1n) is 9.92. The summed E-state index contributed by atoms with van der Waals surface area (Å²) >= 11 is 0. The number of ether oxygens (including phenoxy) is 2. The summed E-state index contributed by atoms with van der Waals surface area (Å²) in [4.78, 5) is 37.8. The molecule has 30 heavy (non-hydrogen) atoms. The van der Waals surface area contributed by atoms with Gasteiger partial charge in [-0.25, -0.2) is 9.59 Å². The van der Waals surface area contributed by atoms with Gasteiger partial charge in [0.15, 0.2) is 0 Å². The van der Waals surface area contributed by atoms with Crippen LogP contribution < -0.4 is 0 Å². The van der Waals surface area contributed by atoms with E-state index >= 15 is 0 Å². The van der Waals surface area contributed by atoms with E-state index in [1.54, 1.807) is 24.3 Å². The van der Waals surface area contributed by atoms with E-state index in [4.69, 9.17) is 9.47 Å². The maximum Gasteiger partial charge on any atom is 0.338 e. The van der Waals surface area contributed by atoms with E-state index in [2.05, 4.69) is 0 Å². The van der Waals surface area contributed by atoms with E-state index in [1.807, 2.05) is 39.8 Å². The molecule has 0 unspecified atom stereocenters. The number of hydrogen-bond donors (Lipinski definition) is 0. The molecule has 2 aromatic rings. The second-order valence-electron chi connectivity index (χ2n) is 7.53. The van der Waals surface area contributed by atoms with Gasteiger partial charge in [-0.3, -0.25) is 4.79 Å². The minimum Gasteiger partial charge on any atom is -0.460 e. The smallest absolute Gasteiger partial charge is 0.338 e. The van der Waals surface area contributed by atoms with Gasteiger partial charge in [-0.15, -0.1) is 0 Å². The molecule has 0 aliphatic rings. The van der Waals surface area contributed by atoms with E-state index in [9.17, 15) is 14.4 Å². The monoisotopic (exact) mass is 411 g/mol. The summed E-state index contributed by atoms with van der Waals surface area (Å²) in [6, 6.07) is 11.0. The lowest BCUT2D eigenvalue weighted by Crippen LogP contribution is -2.35. The third kappa shape index (κ3) is 7.03. The highest BCUT2D eigenvalue weighted by atomic mass is 16.5. The minimum absolute atomic E-state index is 0.0659. The molecule has 6 nitrogen and oxygen atoms in total. The SMILES string of the molecule is CC(=O)N(CCOC(=O)c1cc(C)cc(C)c1)CCOC(=O)c1cc(C)cc(C)c1. The Hall–Kier alpha value is -3.15. The lowest BCUT2D eigenvalue weighted by Gasteiger charge is -2.20. The summed E-state index contributed by atoms with van der Waals surface area (Å²) in [7, 11) is 0. The molecule has 6 heteroatoms. The van der Waals surface area contributed by atoms with E-state index in [0.29, 0.717) is 11.1 Å². The number of aryl methyl sites for hydroxylation is 4. The first-order valence-corrected chi connectivity index (χ1v) is 9.92. The van der Waals surface area contributed by atoms with Gasteiger partial charge in [0.05, 0.1) is 24.2 Å². The molecule has 0 atom stereocenters. The van der Waals surface area contributed by atoms with Crippen LogP contribution in [0.25, 0.3) is 0 Å². The van der Waals surface area contributed by atoms with E-state index in [0.717, 1.165) is 22.3 Å². The lowest BCUT2D eigenvalue weighted by molar-refractivity contribution is -0.130. The highest BCUT2D eigenvalue weighted by Gasteiger charge is 2.14. The van der Waals surface area contributed by atoms with Crippen LogP contribution in [-0.2, 0) is 14.3 Å². The van der Waals surface area contributed by atoms with Gasteiger partial charge in [0.1, 0.15) is 13.2 Å². The number of esters is 2. The van der Waals surface area contributed by atoms with E-state index < -0.39 is 11.9 Å². The fourth-order valence-electron chi connectivity index (χ4n) is 3.28. The van der Waals surface area contributed by atoms with Crippen molar-refractivity contribution >= 4 is 17.8 Å². The van der Waals surface area contributed by atoms with E-state index in [1.165, 1.54) is 11.8 Å². The van der Waals surface area contributed by atoms with E-state index in [-0.39, 0.29) is 32.2 Å². The highest BCUT2D eigenvalue weighted by molar-refractivity contribution is 5.90. The number of hydrogen-bond acceptors (Lipinski definition) is 5. The van der Waals surface area contributed by atoms with Gasteiger partial charge in [-0.1, -0.05) is 34.4 Å². The second-order valence-corrected chi connectivity index (χ2v) is 7.53. The van der Waals surface area contributed by atoms with Crippen LogP contribution in [0, 0.1) is 27.7 Å². The van der Waals surface area contributed by atoms with Crippen molar-refractivity contribution in [3.8, 4) is 0 Å². The molecule has 0 aliphatic heterocycles. The van der Waals surface area contributed by atoms with Gasteiger partial charge in [-0.05, 0) is 52.0 Å².